The Morgan fingerprint density at radius 1 is 1.61 bits per heavy atom. The summed E-state index contributed by atoms with van der Waals surface area (Å²) in [6.45, 7) is 1.91. The maximum Gasteiger partial charge on any atom is 0.328 e. The Hall–Kier alpha value is -1.41. The van der Waals surface area contributed by atoms with E-state index in [2.05, 4.69) is 9.71 Å². The molecule has 1 heterocycles. The third-order valence-corrected chi connectivity index (χ3v) is 4.26. The molecular weight excluding hydrogens is 276 g/mol. The molecule has 0 aliphatic carbocycles. The summed E-state index contributed by atoms with van der Waals surface area (Å²) in [5.41, 5.74) is 0. The van der Waals surface area contributed by atoms with Crippen molar-refractivity contribution in [3.8, 4) is 0 Å². The molecule has 1 rings (SSSR count). The highest BCUT2D eigenvalue weighted by Gasteiger charge is 2.11. The summed E-state index contributed by atoms with van der Waals surface area (Å²) in [4.78, 5) is 14.8. The molecule has 0 radical (unpaired) electrons. The van der Waals surface area contributed by atoms with Crippen LogP contribution in [0.15, 0.2) is 12.3 Å². The van der Waals surface area contributed by atoms with Crippen LogP contribution in [0.3, 0.4) is 0 Å². The van der Waals surface area contributed by atoms with E-state index in [4.69, 9.17) is 5.11 Å². The SMILES string of the molecule is CCCCS(=O)(=O)Nc1ncc(/C=C/C(=O)O)s1. The van der Waals surface area contributed by atoms with E-state index in [9.17, 15) is 13.2 Å². The Bertz CT molecular complexity index is 534. The monoisotopic (exact) mass is 290 g/mol. The second-order valence-corrected chi connectivity index (χ2v) is 6.42. The Balaban J connectivity index is 2.67. The lowest BCUT2D eigenvalue weighted by atomic mass is 10.4. The van der Waals surface area contributed by atoms with E-state index in [-0.39, 0.29) is 10.9 Å². The molecule has 0 aromatic carbocycles. The van der Waals surface area contributed by atoms with Gasteiger partial charge in [-0.25, -0.2) is 18.2 Å². The third-order valence-electron chi connectivity index (χ3n) is 1.92. The van der Waals surface area contributed by atoms with Crippen LogP contribution >= 0.6 is 11.3 Å². The minimum absolute atomic E-state index is 0.0589. The Morgan fingerprint density at radius 2 is 2.33 bits per heavy atom. The molecule has 1 aromatic heterocycles. The molecule has 0 bridgehead atoms. The zero-order valence-electron chi connectivity index (χ0n) is 9.79. The van der Waals surface area contributed by atoms with E-state index in [1.165, 1.54) is 12.3 Å². The largest absolute Gasteiger partial charge is 0.478 e. The number of aliphatic carboxylic acids is 1. The van der Waals surface area contributed by atoms with Crippen molar-refractivity contribution >= 4 is 38.5 Å². The predicted octanol–water partition coefficient (Wildman–Crippen LogP) is 1.78. The number of carboxylic acid groups (broad SMARTS) is 1. The number of nitrogens with one attached hydrogen (secondary N) is 1. The van der Waals surface area contributed by atoms with E-state index >= 15 is 0 Å². The Kier molecular flexibility index (Phi) is 5.29. The fourth-order valence-corrected chi connectivity index (χ4v) is 3.29. The minimum Gasteiger partial charge on any atom is -0.478 e. The first-order valence-corrected chi connectivity index (χ1v) is 7.77. The second kappa shape index (κ2) is 6.50. The summed E-state index contributed by atoms with van der Waals surface area (Å²) >= 11 is 1.08. The third kappa shape index (κ3) is 5.28. The van der Waals surface area contributed by atoms with E-state index in [0.717, 1.165) is 23.8 Å². The Labute approximate surface area is 109 Å². The number of rotatable bonds is 7. The number of sulfonamides is 1. The van der Waals surface area contributed by atoms with Crippen LogP contribution in [-0.2, 0) is 14.8 Å². The first-order chi connectivity index (χ1) is 8.43. The molecule has 0 unspecified atom stereocenters. The average molecular weight is 290 g/mol. The smallest absolute Gasteiger partial charge is 0.328 e. The zero-order chi connectivity index (χ0) is 13.6. The van der Waals surface area contributed by atoms with E-state index in [1.54, 1.807) is 0 Å². The van der Waals surface area contributed by atoms with Crippen LogP contribution in [0.2, 0.25) is 0 Å². The summed E-state index contributed by atoms with van der Waals surface area (Å²) in [7, 11) is -3.36. The zero-order valence-corrected chi connectivity index (χ0v) is 11.4. The van der Waals surface area contributed by atoms with Gasteiger partial charge in [0.25, 0.3) is 0 Å². The van der Waals surface area contributed by atoms with Crippen LogP contribution in [0.4, 0.5) is 5.13 Å². The van der Waals surface area contributed by atoms with Crippen molar-refractivity contribution in [1.29, 1.82) is 0 Å². The summed E-state index contributed by atoms with van der Waals surface area (Å²) in [6, 6.07) is 0. The highest BCUT2D eigenvalue weighted by molar-refractivity contribution is 7.92. The van der Waals surface area contributed by atoms with E-state index in [0.29, 0.717) is 11.3 Å². The normalized spacial score (nSPS) is 11.8. The number of carboxylic acids is 1. The van der Waals surface area contributed by atoms with Gasteiger partial charge in [-0.05, 0) is 12.5 Å². The highest BCUT2D eigenvalue weighted by Crippen LogP contribution is 2.20. The number of hydrogen-bond donors (Lipinski definition) is 2. The van der Waals surface area contributed by atoms with E-state index < -0.39 is 16.0 Å². The van der Waals surface area contributed by atoms with Gasteiger partial charge in [-0.15, -0.1) is 0 Å². The summed E-state index contributed by atoms with van der Waals surface area (Å²) in [6.07, 6.45) is 5.15. The molecular formula is C10H14N2O4S2. The number of aromatic nitrogens is 1. The van der Waals surface area contributed by atoms with Gasteiger partial charge in [0.1, 0.15) is 0 Å². The predicted molar refractivity (Wildman–Crippen MR) is 71.1 cm³/mol. The topological polar surface area (TPSA) is 96.4 Å². The molecule has 8 heteroatoms. The van der Waals surface area contributed by atoms with Gasteiger partial charge in [0, 0.05) is 17.2 Å². The number of hydrogen-bond acceptors (Lipinski definition) is 5. The first kappa shape index (κ1) is 14.7. The average Bonchev–Trinajstić information content (AvgIpc) is 2.70. The van der Waals surface area contributed by atoms with Gasteiger partial charge in [-0.2, -0.15) is 0 Å². The molecule has 1 aromatic rings. The number of unbranched alkanes of at least 4 members (excludes halogenated alkanes) is 1. The van der Waals surface area contributed by atoms with Gasteiger partial charge in [0.05, 0.1) is 5.75 Å². The highest BCUT2D eigenvalue weighted by atomic mass is 32.2. The van der Waals surface area contributed by atoms with Gasteiger partial charge in [-0.3, -0.25) is 4.72 Å². The number of anilines is 1. The van der Waals surface area contributed by atoms with Crippen LogP contribution in [0.25, 0.3) is 6.08 Å². The molecule has 0 saturated heterocycles. The lowest BCUT2D eigenvalue weighted by Gasteiger charge is -2.02. The van der Waals surface area contributed by atoms with Crippen LogP contribution < -0.4 is 4.72 Å². The lowest BCUT2D eigenvalue weighted by molar-refractivity contribution is -0.131. The summed E-state index contributed by atoms with van der Waals surface area (Å²) in [5, 5.41) is 8.70. The minimum atomic E-state index is -3.36. The number of nitrogens with zero attached hydrogens (tertiary/aromatic N) is 1. The Morgan fingerprint density at radius 3 is 2.94 bits per heavy atom. The molecule has 18 heavy (non-hydrogen) atoms. The fourth-order valence-electron chi connectivity index (χ4n) is 1.08. The lowest BCUT2D eigenvalue weighted by Crippen LogP contribution is -2.16. The summed E-state index contributed by atoms with van der Waals surface area (Å²) < 4.78 is 25.5. The number of carbonyl (C=O) groups is 1. The van der Waals surface area contributed by atoms with Gasteiger partial charge < -0.3 is 5.11 Å². The summed E-state index contributed by atoms with van der Waals surface area (Å²) in [5.74, 6) is -1.00. The van der Waals surface area contributed by atoms with Crippen molar-refractivity contribution in [1.82, 2.24) is 4.98 Å². The van der Waals surface area contributed by atoms with Crippen molar-refractivity contribution in [2.24, 2.45) is 0 Å². The van der Waals surface area contributed by atoms with Crippen molar-refractivity contribution in [3.05, 3.63) is 17.2 Å². The van der Waals surface area contributed by atoms with Gasteiger partial charge in [-0.1, -0.05) is 24.7 Å². The molecule has 0 saturated carbocycles. The molecule has 0 spiro atoms. The fraction of sp³-hybridized carbons (Fsp3) is 0.400. The van der Waals surface area contributed by atoms with Crippen molar-refractivity contribution in [2.45, 2.75) is 19.8 Å². The molecule has 2 N–H and O–H groups in total. The quantitative estimate of drug-likeness (QED) is 0.746. The van der Waals surface area contributed by atoms with E-state index in [1.807, 2.05) is 6.92 Å². The maximum absolute atomic E-state index is 11.6. The van der Waals surface area contributed by atoms with Gasteiger partial charge >= 0.3 is 5.97 Å². The molecule has 0 amide bonds. The molecule has 0 aliphatic rings. The van der Waals surface area contributed by atoms with Crippen molar-refractivity contribution < 1.29 is 18.3 Å². The second-order valence-electron chi connectivity index (χ2n) is 3.51. The maximum atomic E-state index is 11.6. The molecule has 0 aliphatic heterocycles. The molecule has 6 nitrogen and oxygen atoms in total. The van der Waals surface area contributed by atoms with Crippen molar-refractivity contribution in [2.75, 3.05) is 10.5 Å². The number of thiazole rings is 1. The van der Waals surface area contributed by atoms with Gasteiger partial charge in [0.15, 0.2) is 5.13 Å². The van der Waals surface area contributed by atoms with Crippen LogP contribution in [0.1, 0.15) is 24.6 Å². The van der Waals surface area contributed by atoms with Gasteiger partial charge in [0.2, 0.25) is 10.0 Å². The molecule has 0 fully saturated rings. The van der Waals surface area contributed by atoms with Crippen LogP contribution in [0.5, 0.6) is 0 Å². The standard InChI is InChI=1S/C10H14N2O4S2/c1-2-3-6-18(15,16)12-10-11-7-8(17-10)4-5-9(13)14/h4-5,7H,2-3,6H2,1H3,(H,11,12)(H,13,14)/b5-4+. The van der Waals surface area contributed by atoms with Crippen LogP contribution in [0, 0.1) is 0 Å². The molecule has 100 valence electrons. The van der Waals surface area contributed by atoms with Crippen LogP contribution in [-0.4, -0.2) is 30.2 Å². The first-order valence-electron chi connectivity index (χ1n) is 5.30. The van der Waals surface area contributed by atoms with Crippen molar-refractivity contribution in [3.63, 3.8) is 0 Å². The molecule has 0 atom stereocenters.